The highest BCUT2D eigenvalue weighted by atomic mass is 32.1. The molecule has 0 aliphatic rings. The molecule has 0 aliphatic heterocycles. The Balaban J connectivity index is 1.86. The summed E-state index contributed by atoms with van der Waals surface area (Å²) >= 11 is 1.74. The maximum Gasteiger partial charge on any atom is 0.0809 e. The second kappa shape index (κ2) is 5.25. The van der Waals surface area contributed by atoms with E-state index in [-0.39, 0.29) is 6.04 Å². The summed E-state index contributed by atoms with van der Waals surface area (Å²) in [5, 5.41) is 5.65. The van der Waals surface area contributed by atoms with Crippen LogP contribution >= 0.6 is 11.3 Å². The quantitative estimate of drug-likeness (QED) is 0.724. The Hall–Kier alpha value is -1.87. The Morgan fingerprint density at radius 1 is 1.10 bits per heavy atom. The van der Waals surface area contributed by atoms with Crippen molar-refractivity contribution in [3.63, 3.8) is 0 Å². The Morgan fingerprint density at radius 2 is 1.85 bits per heavy atom. The van der Waals surface area contributed by atoms with Crippen molar-refractivity contribution in [2.45, 2.75) is 26.8 Å². The first-order valence-corrected chi connectivity index (χ1v) is 7.68. The average Bonchev–Trinajstić information content (AvgIpc) is 2.84. The van der Waals surface area contributed by atoms with Crippen molar-refractivity contribution in [3.05, 3.63) is 58.6 Å². The standard InChI is InChI=1S/C17H18N2S/c1-11-6-12(2)8-15(7-11)19-13(3)14-9-17-16(18-10-14)4-5-20-17/h4-10,13,19H,1-3H3. The molecule has 3 rings (SSSR count). The highest BCUT2D eigenvalue weighted by Crippen LogP contribution is 2.25. The van der Waals surface area contributed by atoms with E-state index >= 15 is 0 Å². The van der Waals surface area contributed by atoms with Crippen LogP contribution < -0.4 is 5.32 Å². The number of thiophene rings is 1. The summed E-state index contributed by atoms with van der Waals surface area (Å²) in [6.45, 7) is 6.43. The highest BCUT2D eigenvalue weighted by Gasteiger charge is 2.08. The van der Waals surface area contributed by atoms with E-state index in [1.165, 1.54) is 27.1 Å². The van der Waals surface area contributed by atoms with Gasteiger partial charge in [-0.1, -0.05) is 6.07 Å². The molecule has 1 N–H and O–H groups in total. The van der Waals surface area contributed by atoms with Crippen LogP contribution in [0, 0.1) is 13.8 Å². The third kappa shape index (κ3) is 2.68. The van der Waals surface area contributed by atoms with Crippen LogP contribution in [0.4, 0.5) is 5.69 Å². The van der Waals surface area contributed by atoms with Crippen LogP contribution in [0.25, 0.3) is 10.2 Å². The van der Waals surface area contributed by atoms with Gasteiger partial charge in [-0.05, 0) is 67.1 Å². The molecule has 1 atom stereocenters. The van der Waals surface area contributed by atoms with Crippen molar-refractivity contribution < 1.29 is 0 Å². The van der Waals surface area contributed by atoms with Crippen molar-refractivity contribution in [3.8, 4) is 0 Å². The first-order valence-electron chi connectivity index (χ1n) is 6.80. The number of hydrogen-bond acceptors (Lipinski definition) is 3. The number of pyridine rings is 1. The molecule has 102 valence electrons. The fourth-order valence-electron chi connectivity index (χ4n) is 2.49. The van der Waals surface area contributed by atoms with Gasteiger partial charge in [-0.15, -0.1) is 11.3 Å². The lowest BCUT2D eigenvalue weighted by atomic mass is 10.1. The lowest BCUT2D eigenvalue weighted by molar-refractivity contribution is 0.879. The van der Waals surface area contributed by atoms with Crippen molar-refractivity contribution in [1.29, 1.82) is 0 Å². The molecule has 2 heterocycles. The number of nitrogens with zero attached hydrogens (tertiary/aromatic N) is 1. The largest absolute Gasteiger partial charge is 0.378 e. The summed E-state index contributed by atoms with van der Waals surface area (Å²) < 4.78 is 1.25. The third-order valence-corrected chi connectivity index (χ3v) is 4.28. The first kappa shape index (κ1) is 13.1. The average molecular weight is 282 g/mol. The summed E-state index contributed by atoms with van der Waals surface area (Å²) in [4.78, 5) is 4.51. The van der Waals surface area contributed by atoms with Gasteiger partial charge in [0, 0.05) is 11.9 Å². The second-order valence-electron chi connectivity index (χ2n) is 5.32. The molecule has 2 nitrogen and oxygen atoms in total. The fraction of sp³-hybridized carbons (Fsp3) is 0.235. The third-order valence-electron chi connectivity index (χ3n) is 3.43. The maximum atomic E-state index is 4.51. The Morgan fingerprint density at radius 3 is 2.60 bits per heavy atom. The monoisotopic (exact) mass is 282 g/mol. The van der Waals surface area contributed by atoms with Crippen molar-refractivity contribution in [1.82, 2.24) is 4.98 Å². The summed E-state index contributed by atoms with van der Waals surface area (Å²) in [6, 6.07) is 11.1. The van der Waals surface area contributed by atoms with Gasteiger partial charge in [-0.2, -0.15) is 0 Å². The molecule has 1 aromatic carbocycles. The number of nitrogens with one attached hydrogen (secondary N) is 1. The van der Waals surface area contributed by atoms with E-state index in [0.717, 1.165) is 5.52 Å². The van der Waals surface area contributed by atoms with Gasteiger partial charge in [0.15, 0.2) is 0 Å². The predicted octanol–water partition coefficient (Wildman–Crippen LogP) is 5.09. The zero-order valence-electron chi connectivity index (χ0n) is 12.0. The van der Waals surface area contributed by atoms with Crippen LogP contribution in [-0.2, 0) is 0 Å². The van der Waals surface area contributed by atoms with Gasteiger partial charge in [-0.25, -0.2) is 0 Å². The minimum Gasteiger partial charge on any atom is -0.378 e. The van der Waals surface area contributed by atoms with E-state index in [4.69, 9.17) is 0 Å². The fourth-order valence-corrected chi connectivity index (χ4v) is 3.28. The molecule has 0 fully saturated rings. The molecular weight excluding hydrogens is 264 g/mol. The van der Waals surface area contributed by atoms with Crippen molar-refractivity contribution in [2.75, 3.05) is 5.32 Å². The van der Waals surface area contributed by atoms with Gasteiger partial charge in [-0.3, -0.25) is 4.98 Å². The number of rotatable bonds is 3. The highest BCUT2D eigenvalue weighted by molar-refractivity contribution is 7.17. The molecule has 0 saturated heterocycles. The van der Waals surface area contributed by atoms with E-state index < -0.39 is 0 Å². The Kier molecular flexibility index (Phi) is 3.45. The van der Waals surface area contributed by atoms with Crippen LogP contribution in [0.1, 0.15) is 29.7 Å². The number of benzene rings is 1. The van der Waals surface area contributed by atoms with E-state index in [1.807, 2.05) is 6.20 Å². The molecule has 3 aromatic rings. The van der Waals surface area contributed by atoms with Crippen LogP contribution in [0.3, 0.4) is 0 Å². The molecule has 0 amide bonds. The maximum absolute atomic E-state index is 4.51. The van der Waals surface area contributed by atoms with E-state index in [2.05, 4.69) is 66.8 Å². The van der Waals surface area contributed by atoms with Crippen molar-refractivity contribution >= 4 is 27.2 Å². The summed E-state index contributed by atoms with van der Waals surface area (Å²) in [7, 11) is 0. The molecule has 1 unspecified atom stereocenters. The minimum absolute atomic E-state index is 0.246. The molecular formula is C17H18N2S. The molecule has 0 bridgehead atoms. The van der Waals surface area contributed by atoms with E-state index in [1.54, 1.807) is 11.3 Å². The Labute approximate surface area is 123 Å². The van der Waals surface area contributed by atoms with Gasteiger partial charge < -0.3 is 5.32 Å². The second-order valence-corrected chi connectivity index (χ2v) is 6.26. The van der Waals surface area contributed by atoms with Crippen LogP contribution in [0.15, 0.2) is 41.9 Å². The minimum atomic E-state index is 0.246. The van der Waals surface area contributed by atoms with Gasteiger partial charge in [0.2, 0.25) is 0 Å². The van der Waals surface area contributed by atoms with E-state index in [0.29, 0.717) is 0 Å². The summed E-state index contributed by atoms with van der Waals surface area (Å²) in [6.07, 6.45) is 1.97. The molecule has 20 heavy (non-hydrogen) atoms. The summed E-state index contributed by atoms with van der Waals surface area (Å²) in [5.41, 5.74) is 6.04. The van der Waals surface area contributed by atoms with Gasteiger partial charge in [0.25, 0.3) is 0 Å². The molecule has 0 aliphatic carbocycles. The molecule has 0 spiro atoms. The number of aryl methyl sites for hydroxylation is 2. The molecule has 2 aromatic heterocycles. The zero-order valence-corrected chi connectivity index (χ0v) is 12.8. The number of fused-ring (bicyclic) bond motifs is 1. The van der Waals surface area contributed by atoms with Gasteiger partial charge in [0.1, 0.15) is 0 Å². The van der Waals surface area contributed by atoms with Crippen LogP contribution in [0.5, 0.6) is 0 Å². The summed E-state index contributed by atoms with van der Waals surface area (Å²) in [5.74, 6) is 0. The normalized spacial score (nSPS) is 12.6. The number of anilines is 1. The van der Waals surface area contributed by atoms with Crippen molar-refractivity contribution in [2.24, 2.45) is 0 Å². The molecule has 0 radical (unpaired) electrons. The topological polar surface area (TPSA) is 24.9 Å². The molecule has 0 saturated carbocycles. The first-order chi connectivity index (χ1) is 9.61. The van der Waals surface area contributed by atoms with E-state index in [9.17, 15) is 0 Å². The van der Waals surface area contributed by atoms with Gasteiger partial charge in [0.05, 0.1) is 16.3 Å². The van der Waals surface area contributed by atoms with Crippen LogP contribution in [-0.4, -0.2) is 4.98 Å². The lowest BCUT2D eigenvalue weighted by Gasteiger charge is -2.16. The molecule has 3 heteroatoms. The zero-order chi connectivity index (χ0) is 14.1. The SMILES string of the molecule is Cc1cc(C)cc(NC(C)c2cnc3ccsc3c2)c1. The number of aromatic nitrogens is 1. The van der Waals surface area contributed by atoms with Crippen LogP contribution in [0.2, 0.25) is 0 Å². The predicted molar refractivity (Wildman–Crippen MR) is 87.6 cm³/mol. The Bertz CT molecular complexity index is 725. The number of hydrogen-bond donors (Lipinski definition) is 1. The van der Waals surface area contributed by atoms with Gasteiger partial charge >= 0.3 is 0 Å². The lowest BCUT2D eigenvalue weighted by Crippen LogP contribution is -2.07. The smallest absolute Gasteiger partial charge is 0.0809 e.